The van der Waals surface area contributed by atoms with Gasteiger partial charge in [0.15, 0.2) is 0 Å². The summed E-state index contributed by atoms with van der Waals surface area (Å²) in [6, 6.07) is 0. The molecule has 3 nitrogen and oxygen atoms in total. The first-order valence-electron chi connectivity index (χ1n) is 2.64. The van der Waals surface area contributed by atoms with Crippen LogP contribution in [-0.2, 0) is 0 Å². The normalized spacial score (nSPS) is 25.9. The summed E-state index contributed by atoms with van der Waals surface area (Å²) in [4.78, 5) is 0. The number of hydrazone groups is 1. The van der Waals surface area contributed by atoms with Crippen LogP contribution in [0.5, 0.6) is 0 Å². The van der Waals surface area contributed by atoms with Crippen LogP contribution in [0.15, 0.2) is 5.10 Å². The minimum atomic E-state index is -1.29. The van der Waals surface area contributed by atoms with Crippen LogP contribution in [0.2, 0.25) is 0 Å². The fourth-order valence-electron chi connectivity index (χ4n) is 0.585. The highest BCUT2D eigenvalue weighted by atomic mass is 35.5. The fraction of sp³-hybridized carbons (Fsp3) is 0.750. The van der Waals surface area contributed by atoms with Crippen LogP contribution >= 0.6 is 11.8 Å². The van der Waals surface area contributed by atoms with Crippen molar-refractivity contribution in [3.63, 3.8) is 0 Å². The molecule has 0 saturated carbocycles. The molecular weight excluding hydrogens is 145 g/mol. The van der Waals surface area contributed by atoms with Crippen molar-refractivity contribution < 1.29 is 4.39 Å². The molecule has 52 valence electrons. The lowest BCUT2D eigenvalue weighted by atomic mass is 10.7. The second-order valence-corrected chi connectivity index (χ2v) is 2.03. The molecule has 1 heterocycles. The summed E-state index contributed by atoms with van der Waals surface area (Å²) in [6.45, 7) is 2.33. The number of hydrogen-bond donors (Lipinski definition) is 0. The summed E-state index contributed by atoms with van der Waals surface area (Å²) in [5, 5.41) is 4.89. The quantitative estimate of drug-likeness (QED) is 0.411. The molecule has 0 N–H and O–H groups in total. The van der Waals surface area contributed by atoms with Crippen LogP contribution in [0.1, 0.15) is 6.92 Å². The molecule has 1 unspecified atom stereocenters. The number of halogens is 2. The summed E-state index contributed by atoms with van der Waals surface area (Å²) in [5.74, 6) is 0. The lowest BCUT2D eigenvalue weighted by Gasteiger charge is -2.16. The van der Waals surface area contributed by atoms with E-state index in [1.807, 2.05) is 0 Å². The minimum absolute atomic E-state index is 0.529. The van der Waals surface area contributed by atoms with Crippen LogP contribution in [0.3, 0.4) is 0 Å². The first kappa shape index (κ1) is 6.61. The van der Waals surface area contributed by atoms with Crippen molar-refractivity contribution in [1.82, 2.24) is 9.43 Å². The summed E-state index contributed by atoms with van der Waals surface area (Å²) in [7, 11) is 0. The Hall–Kier alpha value is -0.510. The highest BCUT2D eigenvalue weighted by Gasteiger charge is 2.23. The SMILES string of the molecule is CCN1N=CN(Cl)C1F. The second-order valence-electron chi connectivity index (χ2n) is 1.64. The molecule has 0 fully saturated rings. The number of alkyl halides is 1. The number of nitrogens with zero attached hydrogens (tertiary/aromatic N) is 3. The predicted molar refractivity (Wildman–Crippen MR) is 33.5 cm³/mol. The Kier molecular flexibility index (Phi) is 1.75. The molecule has 5 heteroatoms. The van der Waals surface area contributed by atoms with Crippen LogP contribution in [0, 0.1) is 0 Å². The molecule has 1 aliphatic heterocycles. The average molecular weight is 152 g/mol. The molecule has 0 amide bonds. The Bertz CT molecular complexity index is 129. The summed E-state index contributed by atoms with van der Waals surface area (Å²) in [5.41, 5.74) is 0. The van der Waals surface area contributed by atoms with Crippen molar-refractivity contribution in [3.8, 4) is 0 Å². The highest BCUT2D eigenvalue weighted by Crippen LogP contribution is 2.14. The van der Waals surface area contributed by atoms with E-state index in [2.05, 4.69) is 5.10 Å². The summed E-state index contributed by atoms with van der Waals surface area (Å²) < 4.78 is 13.5. The summed E-state index contributed by atoms with van der Waals surface area (Å²) in [6.07, 6.45) is -0.0490. The van der Waals surface area contributed by atoms with Gasteiger partial charge < -0.3 is 0 Å². The van der Waals surface area contributed by atoms with Crippen LogP contribution in [0.4, 0.5) is 4.39 Å². The Labute approximate surface area is 57.8 Å². The Morgan fingerprint density at radius 1 is 1.89 bits per heavy atom. The monoisotopic (exact) mass is 151 g/mol. The lowest BCUT2D eigenvalue weighted by molar-refractivity contribution is 0.0570. The molecule has 0 saturated heterocycles. The van der Waals surface area contributed by atoms with E-state index in [-0.39, 0.29) is 0 Å². The predicted octanol–water partition coefficient (Wildman–Crippen LogP) is 0.974. The van der Waals surface area contributed by atoms with Gasteiger partial charge in [0.2, 0.25) is 0 Å². The van der Waals surface area contributed by atoms with Crippen molar-refractivity contribution in [2.24, 2.45) is 5.10 Å². The number of rotatable bonds is 1. The van der Waals surface area contributed by atoms with Gasteiger partial charge in [-0.3, -0.25) is 0 Å². The van der Waals surface area contributed by atoms with Crippen LogP contribution < -0.4 is 0 Å². The van der Waals surface area contributed by atoms with Crippen LogP contribution in [-0.4, -0.2) is 28.7 Å². The average Bonchev–Trinajstić information content (AvgIpc) is 2.15. The van der Waals surface area contributed by atoms with E-state index in [0.717, 1.165) is 4.42 Å². The standard InChI is InChI=1S/C4H7ClFN3/c1-2-9-4(6)8(5)3-7-9/h3-4H,2H2,1H3. The zero-order valence-corrected chi connectivity index (χ0v) is 5.72. The second kappa shape index (κ2) is 2.39. The first-order chi connectivity index (χ1) is 4.25. The molecule has 0 spiro atoms. The van der Waals surface area contributed by atoms with Gasteiger partial charge in [-0.05, 0) is 6.92 Å². The maximum atomic E-state index is 12.6. The zero-order valence-electron chi connectivity index (χ0n) is 4.96. The molecule has 1 aliphatic rings. The van der Waals surface area contributed by atoms with E-state index in [1.165, 1.54) is 11.3 Å². The molecule has 0 radical (unpaired) electrons. The van der Waals surface area contributed by atoms with E-state index >= 15 is 0 Å². The minimum Gasteiger partial charge on any atom is -0.244 e. The van der Waals surface area contributed by atoms with Gasteiger partial charge in [-0.1, -0.05) is 0 Å². The maximum absolute atomic E-state index is 12.6. The number of hydrogen-bond acceptors (Lipinski definition) is 3. The van der Waals surface area contributed by atoms with E-state index in [0.29, 0.717) is 6.54 Å². The topological polar surface area (TPSA) is 18.8 Å². The summed E-state index contributed by atoms with van der Waals surface area (Å²) >= 11 is 5.30. The Morgan fingerprint density at radius 2 is 2.56 bits per heavy atom. The molecule has 9 heavy (non-hydrogen) atoms. The van der Waals surface area contributed by atoms with Crippen LogP contribution in [0.25, 0.3) is 0 Å². The fourth-order valence-corrected chi connectivity index (χ4v) is 0.725. The molecule has 0 aliphatic carbocycles. The molecule has 0 bridgehead atoms. The molecule has 0 aromatic carbocycles. The van der Waals surface area contributed by atoms with Gasteiger partial charge >= 0.3 is 0 Å². The van der Waals surface area contributed by atoms with Crippen molar-refractivity contribution in [1.29, 1.82) is 0 Å². The smallest absolute Gasteiger partial charge is 0.244 e. The van der Waals surface area contributed by atoms with E-state index < -0.39 is 6.42 Å². The van der Waals surface area contributed by atoms with Gasteiger partial charge in [0.05, 0.1) is 0 Å². The molecule has 0 aromatic heterocycles. The zero-order chi connectivity index (χ0) is 6.85. The van der Waals surface area contributed by atoms with Gasteiger partial charge in [0.25, 0.3) is 6.42 Å². The van der Waals surface area contributed by atoms with Gasteiger partial charge in [0, 0.05) is 18.3 Å². The Balaban J connectivity index is 2.51. The van der Waals surface area contributed by atoms with Crippen molar-refractivity contribution in [2.45, 2.75) is 13.3 Å². The molecule has 1 atom stereocenters. The largest absolute Gasteiger partial charge is 0.278 e. The van der Waals surface area contributed by atoms with Gasteiger partial charge in [-0.2, -0.15) is 9.49 Å². The third-order valence-corrected chi connectivity index (χ3v) is 1.33. The lowest BCUT2D eigenvalue weighted by Crippen LogP contribution is -2.29. The third-order valence-electron chi connectivity index (χ3n) is 1.08. The van der Waals surface area contributed by atoms with Gasteiger partial charge in [-0.25, -0.2) is 9.43 Å². The molecule has 0 aromatic rings. The molecular formula is C4H7ClFN3. The molecule has 1 rings (SSSR count). The van der Waals surface area contributed by atoms with Gasteiger partial charge in [0.1, 0.15) is 6.34 Å². The van der Waals surface area contributed by atoms with Gasteiger partial charge in [-0.15, -0.1) is 0 Å². The van der Waals surface area contributed by atoms with E-state index in [1.54, 1.807) is 6.92 Å². The third kappa shape index (κ3) is 1.08. The van der Waals surface area contributed by atoms with Crippen molar-refractivity contribution in [3.05, 3.63) is 0 Å². The van der Waals surface area contributed by atoms with E-state index in [4.69, 9.17) is 11.8 Å². The van der Waals surface area contributed by atoms with E-state index in [9.17, 15) is 4.39 Å². The maximum Gasteiger partial charge on any atom is 0.278 e. The van der Waals surface area contributed by atoms with Crippen molar-refractivity contribution >= 4 is 18.1 Å². The highest BCUT2D eigenvalue weighted by molar-refractivity contribution is 6.19. The first-order valence-corrected chi connectivity index (χ1v) is 2.98. The Morgan fingerprint density at radius 3 is 2.78 bits per heavy atom. The van der Waals surface area contributed by atoms with Crippen molar-refractivity contribution in [2.75, 3.05) is 6.54 Å².